The second-order valence-electron chi connectivity index (χ2n) is 7.16. The zero-order valence-corrected chi connectivity index (χ0v) is 20.0. The van der Waals surface area contributed by atoms with Crippen molar-refractivity contribution in [2.75, 3.05) is 51.4 Å². The zero-order valence-electron chi connectivity index (χ0n) is 17.6. The molecule has 4 rings (SSSR count). The molecule has 168 valence electrons. The highest BCUT2D eigenvalue weighted by atomic mass is 35.5. The number of benzene rings is 1. The van der Waals surface area contributed by atoms with Gasteiger partial charge in [0, 0.05) is 26.2 Å². The smallest absolute Gasteiger partial charge is 0.263 e. The van der Waals surface area contributed by atoms with Crippen LogP contribution >= 0.6 is 35.3 Å². The lowest BCUT2D eigenvalue weighted by molar-refractivity contribution is 0.0391. The Bertz CT molecular complexity index is 1060. The molecule has 3 heterocycles. The van der Waals surface area contributed by atoms with Crippen LogP contribution in [-0.2, 0) is 4.74 Å². The summed E-state index contributed by atoms with van der Waals surface area (Å²) in [7, 11) is 1.60. The Morgan fingerprint density at radius 2 is 2.06 bits per heavy atom. The van der Waals surface area contributed by atoms with Crippen LogP contribution in [0.5, 0.6) is 5.75 Å². The van der Waals surface area contributed by atoms with Crippen molar-refractivity contribution in [3.05, 3.63) is 40.3 Å². The molecule has 0 radical (unpaired) electrons. The van der Waals surface area contributed by atoms with E-state index >= 15 is 0 Å². The summed E-state index contributed by atoms with van der Waals surface area (Å²) in [6.45, 7) is 8.00. The van der Waals surface area contributed by atoms with Gasteiger partial charge >= 0.3 is 0 Å². The molecule has 0 spiro atoms. The van der Waals surface area contributed by atoms with Crippen LogP contribution in [0, 0.1) is 13.8 Å². The normalized spacial score (nSPS) is 14.5. The molecular weight excluding hydrogens is 461 g/mol. The molecule has 1 aliphatic heterocycles. The number of ether oxygens (including phenoxy) is 2. The number of thiazole rings is 1. The number of carbonyl (C=O) groups is 1. The van der Waals surface area contributed by atoms with Gasteiger partial charge in [-0.3, -0.25) is 14.6 Å². The number of furan rings is 1. The van der Waals surface area contributed by atoms with Crippen molar-refractivity contribution in [1.82, 2.24) is 9.88 Å². The predicted molar refractivity (Wildman–Crippen MR) is 126 cm³/mol. The van der Waals surface area contributed by atoms with E-state index < -0.39 is 0 Å². The van der Waals surface area contributed by atoms with Crippen LogP contribution in [0.1, 0.15) is 21.9 Å². The molecule has 0 unspecified atom stereocenters. The molecule has 0 bridgehead atoms. The Hall–Kier alpha value is -1.84. The van der Waals surface area contributed by atoms with Crippen LogP contribution in [0.25, 0.3) is 10.2 Å². The van der Waals surface area contributed by atoms with Crippen molar-refractivity contribution in [1.29, 1.82) is 0 Å². The molecule has 10 heteroatoms. The monoisotopic (exact) mass is 485 g/mol. The number of aryl methyl sites for hydroxylation is 2. The molecule has 1 aromatic carbocycles. The Labute approximate surface area is 196 Å². The lowest BCUT2D eigenvalue weighted by atomic mass is 10.2. The summed E-state index contributed by atoms with van der Waals surface area (Å²) in [4.78, 5) is 22.2. The summed E-state index contributed by atoms with van der Waals surface area (Å²) in [5, 5.41) is 1.18. The third-order valence-electron chi connectivity index (χ3n) is 5.16. The number of fused-ring (bicyclic) bond motifs is 1. The fourth-order valence-electron chi connectivity index (χ4n) is 3.56. The fourth-order valence-corrected chi connectivity index (χ4v) is 4.84. The second-order valence-corrected chi connectivity index (χ2v) is 8.55. The molecule has 1 amide bonds. The fraction of sp³-hybridized carbons (Fsp3) is 0.429. The number of morpholine rings is 1. The maximum Gasteiger partial charge on any atom is 0.263 e. The lowest BCUT2D eigenvalue weighted by Crippen LogP contribution is -2.43. The van der Waals surface area contributed by atoms with Gasteiger partial charge in [0.05, 0.1) is 35.6 Å². The Balaban J connectivity index is 0.00000272. The number of hydrogen-bond acceptors (Lipinski definition) is 7. The minimum Gasteiger partial charge on any atom is -0.494 e. The predicted octanol–water partition coefficient (Wildman–Crippen LogP) is 4.57. The molecule has 1 fully saturated rings. The highest BCUT2D eigenvalue weighted by molar-refractivity contribution is 7.23. The van der Waals surface area contributed by atoms with Crippen molar-refractivity contribution in [2.24, 2.45) is 0 Å². The quantitative estimate of drug-likeness (QED) is 0.509. The molecule has 7 nitrogen and oxygen atoms in total. The number of anilines is 1. The summed E-state index contributed by atoms with van der Waals surface area (Å²) in [5.41, 5.74) is 1.21. The average Bonchev–Trinajstić information content (AvgIpc) is 3.33. The summed E-state index contributed by atoms with van der Waals surface area (Å²) in [6.07, 6.45) is 0. The average molecular weight is 486 g/mol. The van der Waals surface area contributed by atoms with Gasteiger partial charge < -0.3 is 13.9 Å². The van der Waals surface area contributed by atoms with Gasteiger partial charge in [-0.15, -0.1) is 12.4 Å². The number of halogens is 2. The van der Waals surface area contributed by atoms with Crippen molar-refractivity contribution in [3.8, 4) is 5.75 Å². The van der Waals surface area contributed by atoms with Gasteiger partial charge in [-0.05, 0) is 32.0 Å². The van der Waals surface area contributed by atoms with E-state index in [-0.39, 0.29) is 18.3 Å². The maximum atomic E-state index is 13.5. The van der Waals surface area contributed by atoms with Gasteiger partial charge in [-0.2, -0.15) is 0 Å². The van der Waals surface area contributed by atoms with E-state index in [9.17, 15) is 4.79 Å². The van der Waals surface area contributed by atoms with E-state index in [4.69, 9.17) is 30.5 Å². The Morgan fingerprint density at radius 1 is 1.32 bits per heavy atom. The Kier molecular flexibility index (Phi) is 7.82. The molecule has 31 heavy (non-hydrogen) atoms. The first kappa shape index (κ1) is 23.8. The summed E-state index contributed by atoms with van der Waals surface area (Å²) in [5.74, 6) is 1.81. The first-order valence-electron chi connectivity index (χ1n) is 9.80. The second kappa shape index (κ2) is 10.2. The summed E-state index contributed by atoms with van der Waals surface area (Å²) < 4.78 is 17.3. The van der Waals surface area contributed by atoms with Gasteiger partial charge in [0.25, 0.3) is 5.91 Å². The van der Waals surface area contributed by atoms with E-state index in [1.165, 1.54) is 11.3 Å². The van der Waals surface area contributed by atoms with E-state index in [1.807, 2.05) is 6.92 Å². The van der Waals surface area contributed by atoms with Crippen LogP contribution in [0.3, 0.4) is 0 Å². The topological polar surface area (TPSA) is 68.0 Å². The van der Waals surface area contributed by atoms with E-state index in [0.29, 0.717) is 58.3 Å². The van der Waals surface area contributed by atoms with Crippen LogP contribution in [-0.4, -0.2) is 62.3 Å². The van der Waals surface area contributed by atoms with Crippen molar-refractivity contribution >= 4 is 56.6 Å². The number of hydrogen-bond donors (Lipinski definition) is 0. The van der Waals surface area contributed by atoms with Gasteiger partial charge in [0.2, 0.25) is 0 Å². The van der Waals surface area contributed by atoms with Crippen LogP contribution in [0.4, 0.5) is 5.13 Å². The van der Waals surface area contributed by atoms with Gasteiger partial charge in [-0.1, -0.05) is 22.9 Å². The largest absolute Gasteiger partial charge is 0.494 e. The van der Waals surface area contributed by atoms with E-state index in [2.05, 4.69) is 4.90 Å². The molecular formula is C21H25Cl2N3O4S. The molecule has 0 atom stereocenters. The number of carbonyl (C=O) groups excluding carboxylic acids is 1. The SMILES string of the molecule is COc1ccc(Cl)c2sc(N(CCN3CCOCC3)C(=O)c3cc(C)oc3C)nc12.Cl. The van der Waals surface area contributed by atoms with Crippen LogP contribution in [0.2, 0.25) is 5.02 Å². The van der Waals surface area contributed by atoms with E-state index in [1.54, 1.807) is 37.1 Å². The first-order chi connectivity index (χ1) is 14.5. The van der Waals surface area contributed by atoms with Gasteiger partial charge in [0.1, 0.15) is 22.8 Å². The molecule has 1 aliphatic rings. The molecule has 1 saturated heterocycles. The first-order valence-corrected chi connectivity index (χ1v) is 11.0. The number of rotatable bonds is 6. The van der Waals surface area contributed by atoms with Crippen molar-refractivity contribution in [3.63, 3.8) is 0 Å². The Morgan fingerprint density at radius 3 is 2.71 bits per heavy atom. The standard InChI is InChI=1S/C21H24ClN3O4S.ClH/c1-13-12-15(14(2)29-13)20(26)25(7-6-24-8-10-28-11-9-24)21-23-18-17(27-3)5-4-16(22)19(18)30-21;/h4-5,12H,6-11H2,1-3H3;1H. The molecule has 2 aromatic heterocycles. The third kappa shape index (κ3) is 4.99. The molecule has 0 saturated carbocycles. The number of amides is 1. The highest BCUT2D eigenvalue weighted by Crippen LogP contribution is 2.39. The minimum absolute atomic E-state index is 0. The molecule has 3 aromatic rings. The number of aromatic nitrogens is 1. The third-order valence-corrected chi connectivity index (χ3v) is 6.70. The molecule has 0 aliphatic carbocycles. The van der Waals surface area contributed by atoms with Gasteiger partial charge in [0.15, 0.2) is 5.13 Å². The number of nitrogens with zero attached hydrogens (tertiary/aromatic N) is 3. The van der Waals surface area contributed by atoms with Crippen LogP contribution < -0.4 is 9.64 Å². The lowest BCUT2D eigenvalue weighted by Gasteiger charge is -2.29. The number of methoxy groups -OCH3 is 1. The minimum atomic E-state index is -0.133. The van der Waals surface area contributed by atoms with E-state index in [0.717, 1.165) is 24.3 Å². The zero-order chi connectivity index (χ0) is 21.3. The van der Waals surface area contributed by atoms with Crippen molar-refractivity contribution < 1.29 is 18.7 Å². The maximum absolute atomic E-state index is 13.5. The highest BCUT2D eigenvalue weighted by Gasteiger charge is 2.26. The van der Waals surface area contributed by atoms with Gasteiger partial charge in [-0.25, -0.2) is 4.98 Å². The summed E-state index contributed by atoms with van der Waals surface area (Å²) in [6, 6.07) is 5.35. The summed E-state index contributed by atoms with van der Waals surface area (Å²) >= 11 is 7.79. The molecule has 0 N–H and O–H groups in total. The van der Waals surface area contributed by atoms with Crippen molar-refractivity contribution in [2.45, 2.75) is 13.8 Å². The van der Waals surface area contributed by atoms with Crippen LogP contribution in [0.15, 0.2) is 22.6 Å².